The van der Waals surface area contributed by atoms with E-state index in [0.717, 1.165) is 5.56 Å². The van der Waals surface area contributed by atoms with Crippen molar-refractivity contribution in [2.75, 3.05) is 0 Å². The zero-order valence-corrected chi connectivity index (χ0v) is 12.7. The number of aromatic nitrogens is 3. The molecule has 0 aliphatic heterocycles. The van der Waals surface area contributed by atoms with Gasteiger partial charge in [0.05, 0.1) is 6.04 Å². The fourth-order valence-electron chi connectivity index (χ4n) is 1.56. The number of benzene rings is 1. The van der Waals surface area contributed by atoms with Gasteiger partial charge in [-0.05, 0) is 60.5 Å². The summed E-state index contributed by atoms with van der Waals surface area (Å²) in [6.45, 7) is 5.98. The van der Waals surface area contributed by atoms with E-state index in [1.807, 2.05) is 32.9 Å². The van der Waals surface area contributed by atoms with E-state index in [2.05, 4.69) is 26.0 Å². The molecule has 0 saturated carbocycles. The predicted molar refractivity (Wildman–Crippen MR) is 74.4 cm³/mol. The second kappa shape index (κ2) is 5.28. The number of ether oxygens (including phenoxy) is 1. The highest BCUT2D eigenvalue weighted by Crippen LogP contribution is 2.27. The van der Waals surface area contributed by atoms with Crippen LogP contribution in [-0.2, 0) is 0 Å². The summed E-state index contributed by atoms with van der Waals surface area (Å²) in [6.07, 6.45) is 0. The standard InChI is InChI=1S/C12H13BrClN3O/c1-7(2)17-12(15-11(13)16-17)18-10-5-8(3)4-9(14)6-10/h4-7H,1-3H3. The van der Waals surface area contributed by atoms with Gasteiger partial charge in [-0.3, -0.25) is 0 Å². The fraction of sp³-hybridized carbons (Fsp3) is 0.333. The lowest BCUT2D eigenvalue weighted by Crippen LogP contribution is -2.05. The van der Waals surface area contributed by atoms with Crippen LogP contribution in [0, 0.1) is 6.92 Å². The summed E-state index contributed by atoms with van der Waals surface area (Å²) < 4.78 is 7.94. The van der Waals surface area contributed by atoms with E-state index < -0.39 is 0 Å². The number of aryl methyl sites for hydroxylation is 1. The summed E-state index contributed by atoms with van der Waals surface area (Å²) in [7, 11) is 0. The van der Waals surface area contributed by atoms with Crippen LogP contribution in [0.15, 0.2) is 22.9 Å². The number of hydrogen-bond acceptors (Lipinski definition) is 3. The Labute approximate surface area is 119 Å². The van der Waals surface area contributed by atoms with E-state index in [0.29, 0.717) is 21.5 Å². The van der Waals surface area contributed by atoms with E-state index in [-0.39, 0.29) is 6.04 Å². The molecule has 2 aromatic rings. The van der Waals surface area contributed by atoms with Crippen molar-refractivity contribution in [2.24, 2.45) is 0 Å². The van der Waals surface area contributed by atoms with Gasteiger partial charge < -0.3 is 4.74 Å². The lowest BCUT2D eigenvalue weighted by Gasteiger charge is -2.10. The molecule has 0 unspecified atom stereocenters. The molecule has 0 saturated heterocycles. The average Bonchev–Trinajstić information content (AvgIpc) is 2.57. The van der Waals surface area contributed by atoms with Gasteiger partial charge in [-0.25, -0.2) is 4.68 Å². The fourth-order valence-corrected chi connectivity index (χ4v) is 2.16. The van der Waals surface area contributed by atoms with Crippen LogP contribution in [0.3, 0.4) is 0 Å². The quantitative estimate of drug-likeness (QED) is 0.838. The molecule has 18 heavy (non-hydrogen) atoms. The van der Waals surface area contributed by atoms with E-state index in [4.69, 9.17) is 16.3 Å². The Kier molecular flexibility index (Phi) is 3.92. The molecule has 1 heterocycles. The van der Waals surface area contributed by atoms with Crippen molar-refractivity contribution in [3.8, 4) is 11.8 Å². The number of hydrogen-bond donors (Lipinski definition) is 0. The normalized spacial score (nSPS) is 11.0. The Morgan fingerprint density at radius 3 is 2.67 bits per heavy atom. The Morgan fingerprint density at radius 2 is 2.06 bits per heavy atom. The van der Waals surface area contributed by atoms with Crippen LogP contribution < -0.4 is 4.74 Å². The van der Waals surface area contributed by atoms with Crippen LogP contribution in [0.5, 0.6) is 11.8 Å². The number of halogens is 2. The minimum atomic E-state index is 0.166. The molecule has 0 aliphatic carbocycles. The first-order chi connectivity index (χ1) is 8.45. The van der Waals surface area contributed by atoms with Gasteiger partial charge in [0.15, 0.2) is 0 Å². The molecule has 0 fully saturated rings. The van der Waals surface area contributed by atoms with E-state index in [9.17, 15) is 0 Å². The second-order valence-electron chi connectivity index (χ2n) is 4.27. The summed E-state index contributed by atoms with van der Waals surface area (Å²) in [5.74, 6) is 0.654. The van der Waals surface area contributed by atoms with Gasteiger partial charge in [0.1, 0.15) is 5.75 Å². The molecule has 0 spiro atoms. The topological polar surface area (TPSA) is 39.9 Å². The summed E-state index contributed by atoms with van der Waals surface area (Å²) >= 11 is 9.24. The van der Waals surface area contributed by atoms with Crippen LogP contribution >= 0.6 is 27.5 Å². The first-order valence-corrected chi connectivity index (χ1v) is 6.70. The van der Waals surface area contributed by atoms with Crippen molar-refractivity contribution in [1.29, 1.82) is 0 Å². The van der Waals surface area contributed by atoms with Crippen molar-refractivity contribution in [1.82, 2.24) is 14.8 Å². The predicted octanol–water partition coefficient (Wildman–Crippen LogP) is 4.38. The summed E-state index contributed by atoms with van der Waals surface area (Å²) in [5.41, 5.74) is 1.03. The van der Waals surface area contributed by atoms with Crippen molar-refractivity contribution < 1.29 is 4.74 Å². The van der Waals surface area contributed by atoms with Crippen molar-refractivity contribution in [3.05, 3.63) is 33.5 Å². The Morgan fingerprint density at radius 1 is 1.33 bits per heavy atom. The van der Waals surface area contributed by atoms with E-state index in [1.165, 1.54) is 0 Å². The van der Waals surface area contributed by atoms with Gasteiger partial charge in [0.2, 0.25) is 4.73 Å². The minimum absolute atomic E-state index is 0.166. The van der Waals surface area contributed by atoms with Gasteiger partial charge in [0, 0.05) is 5.02 Å². The van der Waals surface area contributed by atoms with Crippen LogP contribution in [0.1, 0.15) is 25.5 Å². The molecule has 4 nitrogen and oxygen atoms in total. The van der Waals surface area contributed by atoms with Gasteiger partial charge in [-0.2, -0.15) is 4.98 Å². The smallest absolute Gasteiger partial charge is 0.321 e. The summed E-state index contributed by atoms with van der Waals surface area (Å²) in [4.78, 5) is 4.19. The maximum absolute atomic E-state index is 5.99. The van der Waals surface area contributed by atoms with Crippen molar-refractivity contribution in [2.45, 2.75) is 26.8 Å². The maximum Gasteiger partial charge on any atom is 0.321 e. The Hall–Kier alpha value is -1.07. The minimum Gasteiger partial charge on any atom is -0.424 e. The molecule has 0 N–H and O–H groups in total. The summed E-state index contributed by atoms with van der Waals surface area (Å²) in [5, 5.41) is 4.85. The molecular weight excluding hydrogens is 318 g/mol. The largest absolute Gasteiger partial charge is 0.424 e. The monoisotopic (exact) mass is 329 g/mol. The molecule has 0 aliphatic rings. The lowest BCUT2D eigenvalue weighted by molar-refractivity contribution is 0.376. The highest BCUT2D eigenvalue weighted by atomic mass is 79.9. The highest BCUT2D eigenvalue weighted by Gasteiger charge is 2.13. The average molecular weight is 331 g/mol. The third-order valence-electron chi connectivity index (χ3n) is 2.29. The lowest BCUT2D eigenvalue weighted by atomic mass is 10.2. The van der Waals surface area contributed by atoms with Crippen molar-refractivity contribution >= 4 is 27.5 Å². The Balaban J connectivity index is 2.33. The van der Waals surface area contributed by atoms with E-state index in [1.54, 1.807) is 10.7 Å². The molecule has 6 heteroatoms. The molecular formula is C12H13BrClN3O. The van der Waals surface area contributed by atoms with Crippen molar-refractivity contribution in [3.63, 3.8) is 0 Å². The highest BCUT2D eigenvalue weighted by molar-refractivity contribution is 9.10. The van der Waals surface area contributed by atoms with E-state index >= 15 is 0 Å². The van der Waals surface area contributed by atoms with Gasteiger partial charge in [-0.1, -0.05) is 11.6 Å². The van der Waals surface area contributed by atoms with Crippen LogP contribution in [0.25, 0.3) is 0 Å². The number of rotatable bonds is 3. The molecule has 96 valence electrons. The van der Waals surface area contributed by atoms with Crippen LogP contribution in [0.2, 0.25) is 5.02 Å². The van der Waals surface area contributed by atoms with Gasteiger partial charge >= 0.3 is 6.01 Å². The van der Waals surface area contributed by atoms with Crippen LogP contribution in [-0.4, -0.2) is 14.8 Å². The zero-order chi connectivity index (χ0) is 13.3. The molecule has 0 atom stereocenters. The first-order valence-electron chi connectivity index (χ1n) is 5.53. The third-order valence-corrected chi connectivity index (χ3v) is 2.84. The van der Waals surface area contributed by atoms with Gasteiger partial charge in [0.25, 0.3) is 0 Å². The Bertz CT molecular complexity index is 548. The SMILES string of the molecule is Cc1cc(Cl)cc(Oc2nc(Br)nn2C(C)C)c1. The van der Waals surface area contributed by atoms with Crippen LogP contribution in [0.4, 0.5) is 0 Å². The zero-order valence-electron chi connectivity index (χ0n) is 10.3. The summed E-state index contributed by atoms with van der Waals surface area (Å²) in [6, 6.07) is 6.14. The molecule has 0 bridgehead atoms. The number of nitrogens with zero attached hydrogens (tertiary/aromatic N) is 3. The first kappa shape index (κ1) is 13.4. The van der Waals surface area contributed by atoms with Gasteiger partial charge in [-0.15, -0.1) is 5.10 Å². The molecule has 1 aromatic carbocycles. The molecule has 0 amide bonds. The molecule has 1 aromatic heterocycles. The third kappa shape index (κ3) is 3.03. The second-order valence-corrected chi connectivity index (χ2v) is 5.41. The molecule has 2 rings (SSSR count). The maximum atomic E-state index is 5.99. The molecule has 0 radical (unpaired) electrons.